The van der Waals surface area contributed by atoms with Crippen molar-refractivity contribution < 1.29 is 19.0 Å². The zero-order valence-electron chi connectivity index (χ0n) is 15.6. The predicted octanol–water partition coefficient (Wildman–Crippen LogP) is 4.59. The van der Waals surface area contributed by atoms with Gasteiger partial charge in [-0.2, -0.15) is 0 Å². The molecule has 1 heterocycles. The second kappa shape index (κ2) is 9.28. The zero-order valence-corrected chi connectivity index (χ0v) is 17.2. The molecule has 1 saturated heterocycles. The fourth-order valence-electron chi connectivity index (χ4n) is 2.64. The number of rotatable bonds is 7. The van der Waals surface area contributed by atoms with Gasteiger partial charge in [-0.15, -0.1) is 23.5 Å². The highest BCUT2D eigenvalue weighted by molar-refractivity contribution is 8.19. The second-order valence-electron chi connectivity index (χ2n) is 5.96. The van der Waals surface area contributed by atoms with Crippen LogP contribution in [-0.2, 0) is 4.79 Å². The van der Waals surface area contributed by atoms with Gasteiger partial charge in [0.05, 0.1) is 18.8 Å². The molecule has 2 aromatic rings. The third kappa shape index (κ3) is 5.05. The second-order valence-corrected chi connectivity index (χ2v) is 8.69. The van der Waals surface area contributed by atoms with Gasteiger partial charge < -0.3 is 19.5 Å². The molecule has 0 aromatic heterocycles. The summed E-state index contributed by atoms with van der Waals surface area (Å²) in [4.78, 5) is 12.4. The van der Waals surface area contributed by atoms with Crippen LogP contribution in [0.4, 0.5) is 5.69 Å². The highest BCUT2D eigenvalue weighted by Gasteiger charge is 2.21. The quantitative estimate of drug-likeness (QED) is 0.727. The minimum atomic E-state index is -0.665. The zero-order chi connectivity index (χ0) is 19.2. The summed E-state index contributed by atoms with van der Waals surface area (Å²) in [6.07, 6.45) is -0.665. The van der Waals surface area contributed by atoms with E-state index in [4.69, 9.17) is 14.2 Å². The molecule has 7 heteroatoms. The van der Waals surface area contributed by atoms with Crippen LogP contribution in [-0.4, -0.2) is 37.7 Å². The van der Waals surface area contributed by atoms with Crippen molar-refractivity contribution in [2.24, 2.45) is 0 Å². The first-order valence-electron chi connectivity index (χ1n) is 8.63. The van der Waals surface area contributed by atoms with Crippen molar-refractivity contribution >= 4 is 35.1 Å². The van der Waals surface area contributed by atoms with Gasteiger partial charge in [0, 0.05) is 17.2 Å². The topological polar surface area (TPSA) is 56.8 Å². The third-order valence-corrected chi connectivity index (χ3v) is 7.22. The SMILES string of the molecule is COc1ccc(NC(=O)C(C)Oc2ccc(C3SCCS3)cc2OC)cc1. The lowest BCUT2D eigenvalue weighted by Gasteiger charge is -2.18. The molecule has 144 valence electrons. The van der Waals surface area contributed by atoms with Crippen LogP contribution in [0, 0.1) is 0 Å². The van der Waals surface area contributed by atoms with Gasteiger partial charge in [-0.25, -0.2) is 0 Å². The highest BCUT2D eigenvalue weighted by Crippen LogP contribution is 2.47. The van der Waals surface area contributed by atoms with Crippen molar-refractivity contribution in [2.45, 2.75) is 17.6 Å². The van der Waals surface area contributed by atoms with E-state index in [9.17, 15) is 4.79 Å². The molecular formula is C20H23NO4S2. The Morgan fingerprint density at radius 1 is 1.04 bits per heavy atom. The van der Waals surface area contributed by atoms with Crippen LogP contribution in [0.5, 0.6) is 17.2 Å². The number of hydrogen-bond donors (Lipinski definition) is 1. The lowest BCUT2D eigenvalue weighted by molar-refractivity contribution is -0.122. The summed E-state index contributed by atoms with van der Waals surface area (Å²) in [7, 11) is 3.22. The summed E-state index contributed by atoms with van der Waals surface area (Å²) >= 11 is 3.87. The Bertz CT molecular complexity index is 776. The molecule has 1 amide bonds. The molecule has 1 atom stereocenters. The Balaban J connectivity index is 1.64. The van der Waals surface area contributed by atoms with E-state index in [-0.39, 0.29) is 5.91 Å². The monoisotopic (exact) mass is 405 g/mol. The number of methoxy groups -OCH3 is 2. The van der Waals surface area contributed by atoms with E-state index >= 15 is 0 Å². The molecule has 1 aliphatic rings. The molecule has 1 unspecified atom stereocenters. The van der Waals surface area contributed by atoms with Crippen molar-refractivity contribution in [1.82, 2.24) is 0 Å². The van der Waals surface area contributed by atoms with Crippen LogP contribution < -0.4 is 19.5 Å². The average molecular weight is 406 g/mol. The summed E-state index contributed by atoms with van der Waals surface area (Å²) in [5.41, 5.74) is 1.90. The van der Waals surface area contributed by atoms with Gasteiger partial charge in [0.15, 0.2) is 17.6 Å². The normalized spacial score (nSPS) is 15.2. The van der Waals surface area contributed by atoms with Crippen LogP contribution in [0.2, 0.25) is 0 Å². The molecule has 0 aliphatic carbocycles. The Hall–Kier alpha value is -1.99. The summed E-state index contributed by atoms with van der Waals surface area (Å²) < 4.78 is 16.9. The van der Waals surface area contributed by atoms with Gasteiger partial charge in [0.25, 0.3) is 5.91 Å². The molecule has 0 saturated carbocycles. The maximum Gasteiger partial charge on any atom is 0.265 e. The summed E-state index contributed by atoms with van der Waals surface area (Å²) in [5.74, 6) is 4.04. The molecule has 1 N–H and O–H groups in total. The van der Waals surface area contributed by atoms with Gasteiger partial charge >= 0.3 is 0 Å². The summed E-state index contributed by atoms with van der Waals surface area (Å²) in [5, 5.41) is 2.84. The van der Waals surface area contributed by atoms with Crippen LogP contribution >= 0.6 is 23.5 Å². The lowest BCUT2D eigenvalue weighted by atomic mass is 10.2. The van der Waals surface area contributed by atoms with Crippen molar-refractivity contribution in [1.29, 1.82) is 0 Å². The molecule has 1 aliphatic heterocycles. The first-order valence-corrected chi connectivity index (χ1v) is 10.7. The maximum absolute atomic E-state index is 12.4. The molecule has 0 bridgehead atoms. The van der Waals surface area contributed by atoms with Crippen molar-refractivity contribution in [3.05, 3.63) is 48.0 Å². The number of anilines is 1. The Morgan fingerprint density at radius 2 is 1.74 bits per heavy atom. The average Bonchev–Trinajstić information content (AvgIpc) is 3.23. The molecular weight excluding hydrogens is 382 g/mol. The number of hydrogen-bond acceptors (Lipinski definition) is 6. The van der Waals surface area contributed by atoms with E-state index < -0.39 is 6.10 Å². The van der Waals surface area contributed by atoms with E-state index in [1.54, 1.807) is 45.4 Å². The smallest absolute Gasteiger partial charge is 0.265 e. The standard InChI is InChI=1S/C20H23NO4S2/c1-13(19(22)21-15-5-7-16(23-2)8-6-15)25-17-9-4-14(12-18(17)24-3)20-26-10-11-27-20/h4-9,12-13,20H,10-11H2,1-3H3,(H,21,22). The molecule has 1 fully saturated rings. The predicted molar refractivity (Wildman–Crippen MR) is 112 cm³/mol. The number of amides is 1. The van der Waals surface area contributed by atoms with E-state index in [1.165, 1.54) is 17.1 Å². The van der Waals surface area contributed by atoms with Crippen LogP contribution in [0.1, 0.15) is 17.1 Å². The van der Waals surface area contributed by atoms with E-state index in [0.29, 0.717) is 21.8 Å². The molecule has 2 aromatic carbocycles. The molecule has 0 radical (unpaired) electrons. The van der Waals surface area contributed by atoms with Crippen LogP contribution in [0.25, 0.3) is 0 Å². The van der Waals surface area contributed by atoms with Crippen molar-refractivity contribution in [3.63, 3.8) is 0 Å². The van der Waals surface area contributed by atoms with E-state index in [0.717, 1.165) is 5.75 Å². The Labute approximate surface area is 168 Å². The fraction of sp³-hybridized carbons (Fsp3) is 0.350. The lowest BCUT2D eigenvalue weighted by Crippen LogP contribution is -2.30. The van der Waals surface area contributed by atoms with Gasteiger partial charge in [0.2, 0.25) is 0 Å². The highest BCUT2D eigenvalue weighted by atomic mass is 32.2. The number of benzene rings is 2. The van der Waals surface area contributed by atoms with Crippen LogP contribution in [0.15, 0.2) is 42.5 Å². The van der Waals surface area contributed by atoms with Gasteiger partial charge in [-0.05, 0) is 48.9 Å². The number of nitrogens with one attached hydrogen (secondary N) is 1. The molecule has 5 nitrogen and oxygen atoms in total. The van der Waals surface area contributed by atoms with Gasteiger partial charge in [-0.3, -0.25) is 4.79 Å². The van der Waals surface area contributed by atoms with Crippen molar-refractivity contribution in [2.75, 3.05) is 31.0 Å². The Kier molecular flexibility index (Phi) is 6.79. The fourth-order valence-corrected chi connectivity index (χ4v) is 5.48. The van der Waals surface area contributed by atoms with Crippen LogP contribution in [0.3, 0.4) is 0 Å². The number of carbonyl (C=O) groups is 1. The van der Waals surface area contributed by atoms with Crippen molar-refractivity contribution in [3.8, 4) is 17.2 Å². The maximum atomic E-state index is 12.4. The number of carbonyl (C=O) groups excluding carboxylic acids is 1. The Morgan fingerprint density at radius 3 is 2.37 bits per heavy atom. The van der Waals surface area contributed by atoms with E-state index in [2.05, 4.69) is 5.32 Å². The van der Waals surface area contributed by atoms with Gasteiger partial charge in [-0.1, -0.05) is 6.07 Å². The molecule has 27 heavy (non-hydrogen) atoms. The van der Waals surface area contributed by atoms with E-state index in [1.807, 2.05) is 41.7 Å². The summed E-state index contributed by atoms with van der Waals surface area (Å²) in [6.45, 7) is 1.72. The minimum absolute atomic E-state index is 0.229. The molecule has 0 spiro atoms. The molecule has 3 rings (SSSR count). The summed E-state index contributed by atoms with van der Waals surface area (Å²) in [6, 6.07) is 13.1. The first-order chi connectivity index (χ1) is 13.1. The number of ether oxygens (including phenoxy) is 3. The number of thioether (sulfide) groups is 2. The largest absolute Gasteiger partial charge is 0.497 e. The third-order valence-electron chi connectivity index (χ3n) is 4.11. The first kappa shape index (κ1) is 19.8. The minimum Gasteiger partial charge on any atom is -0.497 e. The van der Waals surface area contributed by atoms with Gasteiger partial charge in [0.1, 0.15) is 5.75 Å².